The fourth-order valence-electron chi connectivity index (χ4n) is 2.27. The second kappa shape index (κ2) is 6.94. The Hall–Kier alpha value is -1.03. The molecule has 0 bridgehead atoms. The van der Waals surface area contributed by atoms with Crippen molar-refractivity contribution < 1.29 is 13.2 Å². The maximum Gasteiger partial charge on any atom is 0.416 e. The molecule has 1 aromatic carbocycles. The summed E-state index contributed by atoms with van der Waals surface area (Å²) in [5, 5.41) is 3.35. The van der Waals surface area contributed by atoms with Gasteiger partial charge in [-0.3, -0.25) is 0 Å². The second-order valence-electron chi connectivity index (χ2n) is 4.82. The third-order valence-electron chi connectivity index (χ3n) is 3.27. The molecule has 19 heavy (non-hydrogen) atoms. The van der Waals surface area contributed by atoms with E-state index in [9.17, 15) is 13.2 Å². The minimum atomic E-state index is -4.26. The Morgan fingerprint density at radius 1 is 1.21 bits per heavy atom. The van der Waals surface area contributed by atoms with Crippen LogP contribution in [0.1, 0.15) is 55.8 Å². The number of unbranched alkanes of at least 4 members (excludes halogenated alkanes) is 1. The minimum Gasteiger partial charge on any atom is -0.310 e. The zero-order valence-corrected chi connectivity index (χ0v) is 11.8. The van der Waals surface area contributed by atoms with Gasteiger partial charge < -0.3 is 5.32 Å². The Labute approximate surface area is 113 Å². The molecule has 0 aliphatic rings. The number of alkyl halides is 3. The first-order valence-electron chi connectivity index (χ1n) is 6.81. The van der Waals surface area contributed by atoms with Crippen molar-refractivity contribution in [2.75, 3.05) is 6.54 Å². The number of hydrogen-bond donors (Lipinski definition) is 1. The molecule has 1 rings (SSSR count). The van der Waals surface area contributed by atoms with Gasteiger partial charge >= 0.3 is 6.18 Å². The van der Waals surface area contributed by atoms with E-state index >= 15 is 0 Å². The van der Waals surface area contributed by atoms with Crippen molar-refractivity contribution in [3.05, 3.63) is 34.9 Å². The van der Waals surface area contributed by atoms with Gasteiger partial charge in [-0.05, 0) is 43.1 Å². The Morgan fingerprint density at radius 2 is 1.89 bits per heavy atom. The van der Waals surface area contributed by atoms with Crippen molar-refractivity contribution in [1.29, 1.82) is 0 Å². The number of aryl methyl sites for hydroxylation is 1. The molecule has 0 saturated heterocycles. The second-order valence-corrected chi connectivity index (χ2v) is 4.82. The third-order valence-corrected chi connectivity index (χ3v) is 3.27. The monoisotopic (exact) mass is 273 g/mol. The zero-order chi connectivity index (χ0) is 14.5. The van der Waals surface area contributed by atoms with Crippen molar-refractivity contribution in [2.24, 2.45) is 0 Å². The van der Waals surface area contributed by atoms with Crippen molar-refractivity contribution in [2.45, 2.75) is 52.3 Å². The number of rotatable bonds is 6. The largest absolute Gasteiger partial charge is 0.416 e. The van der Waals surface area contributed by atoms with Crippen LogP contribution in [0.5, 0.6) is 0 Å². The molecule has 1 aromatic rings. The molecule has 0 aliphatic heterocycles. The lowest BCUT2D eigenvalue weighted by Gasteiger charge is -2.21. The first-order valence-corrected chi connectivity index (χ1v) is 6.81. The molecule has 4 heteroatoms. The summed E-state index contributed by atoms with van der Waals surface area (Å²) in [6.07, 6.45) is -1.16. The summed E-state index contributed by atoms with van der Waals surface area (Å²) >= 11 is 0. The first-order chi connectivity index (χ1) is 8.90. The predicted octanol–water partition coefficient (Wildman–Crippen LogP) is 4.85. The summed E-state index contributed by atoms with van der Waals surface area (Å²) in [5.41, 5.74) is 1.11. The van der Waals surface area contributed by atoms with Crippen LogP contribution in [-0.4, -0.2) is 6.54 Å². The summed E-state index contributed by atoms with van der Waals surface area (Å²) in [6, 6.07) is 4.18. The van der Waals surface area contributed by atoms with E-state index in [1.165, 1.54) is 12.1 Å². The van der Waals surface area contributed by atoms with Gasteiger partial charge in [-0.25, -0.2) is 0 Å². The van der Waals surface area contributed by atoms with Gasteiger partial charge in [-0.1, -0.05) is 32.8 Å². The maximum absolute atomic E-state index is 12.6. The van der Waals surface area contributed by atoms with Gasteiger partial charge in [0, 0.05) is 6.04 Å². The summed E-state index contributed by atoms with van der Waals surface area (Å²) in [6.45, 7) is 6.69. The van der Waals surface area contributed by atoms with Crippen LogP contribution in [0.2, 0.25) is 0 Å². The molecule has 0 aliphatic carbocycles. The molecule has 0 spiro atoms. The van der Waals surface area contributed by atoms with Crippen molar-refractivity contribution in [1.82, 2.24) is 5.32 Å². The van der Waals surface area contributed by atoms with Crippen LogP contribution in [0.4, 0.5) is 13.2 Å². The number of halogens is 3. The SMILES string of the molecule is CCCCC(NCC)c1ccc(C(F)(F)F)cc1C. The van der Waals surface area contributed by atoms with Gasteiger partial charge in [0.2, 0.25) is 0 Å². The van der Waals surface area contributed by atoms with Gasteiger partial charge in [-0.15, -0.1) is 0 Å². The van der Waals surface area contributed by atoms with E-state index in [0.717, 1.165) is 31.4 Å². The molecule has 1 N–H and O–H groups in total. The first kappa shape index (κ1) is 16.0. The molecule has 108 valence electrons. The summed E-state index contributed by atoms with van der Waals surface area (Å²) < 4.78 is 37.9. The van der Waals surface area contributed by atoms with Gasteiger partial charge in [0.05, 0.1) is 5.56 Å². The molecule has 1 unspecified atom stereocenters. The highest BCUT2D eigenvalue weighted by Crippen LogP contribution is 2.32. The normalized spacial score (nSPS) is 13.6. The number of benzene rings is 1. The molecule has 0 heterocycles. The van der Waals surface area contributed by atoms with Crippen molar-refractivity contribution in [3.63, 3.8) is 0 Å². The van der Waals surface area contributed by atoms with Crippen LogP contribution < -0.4 is 5.32 Å². The van der Waals surface area contributed by atoms with Gasteiger partial charge in [0.25, 0.3) is 0 Å². The number of hydrogen-bond acceptors (Lipinski definition) is 1. The van der Waals surface area contributed by atoms with E-state index in [2.05, 4.69) is 12.2 Å². The fraction of sp³-hybridized carbons (Fsp3) is 0.600. The number of nitrogens with one attached hydrogen (secondary N) is 1. The molecule has 0 saturated carbocycles. The van der Waals surface area contributed by atoms with Gasteiger partial charge in [0.15, 0.2) is 0 Å². The fourth-order valence-corrected chi connectivity index (χ4v) is 2.27. The van der Waals surface area contributed by atoms with Crippen molar-refractivity contribution >= 4 is 0 Å². The maximum atomic E-state index is 12.6. The highest BCUT2D eigenvalue weighted by molar-refractivity contribution is 5.34. The quantitative estimate of drug-likeness (QED) is 0.781. The smallest absolute Gasteiger partial charge is 0.310 e. The lowest BCUT2D eigenvalue weighted by atomic mass is 9.95. The Balaban J connectivity index is 2.97. The highest BCUT2D eigenvalue weighted by atomic mass is 19.4. The summed E-state index contributed by atoms with van der Waals surface area (Å²) in [5.74, 6) is 0. The summed E-state index contributed by atoms with van der Waals surface area (Å²) in [7, 11) is 0. The molecule has 0 fully saturated rings. The molecular formula is C15H22F3N. The van der Waals surface area contributed by atoms with E-state index < -0.39 is 11.7 Å². The van der Waals surface area contributed by atoms with Crippen LogP contribution in [-0.2, 0) is 6.18 Å². The van der Waals surface area contributed by atoms with Crippen LogP contribution in [0.25, 0.3) is 0 Å². The van der Waals surface area contributed by atoms with E-state index in [0.29, 0.717) is 5.56 Å². The molecule has 1 atom stereocenters. The third kappa shape index (κ3) is 4.53. The molecule has 1 nitrogen and oxygen atoms in total. The zero-order valence-electron chi connectivity index (χ0n) is 11.8. The highest BCUT2D eigenvalue weighted by Gasteiger charge is 2.31. The van der Waals surface area contributed by atoms with E-state index in [4.69, 9.17) is 0 Å². The van der Waals surface area contributed by atoms with Crippen molar-refractivity contribution in [3.8, 4) is 0 Å². The van der Waals surface area contributed by atoms with Crippen LogP contribution in [0.3, 0.4) is 0 Å². The predicted molar refractivity (Wildman–Crippen MR) is 72.1 cm³/mol. The average Bonchev–Trinajstić information content (AvgIpc) is 2.33. The molecule has 0 amide bonds. The molecule has 0 radical (unpaired) electrons. The Bertz CT molecular complexity index is 399. The summed E-state index contributed by atoms with van der Waals surface area (Å²) in [4.78, 5) is 0. The molecule has 0 aromatic heterocycles. The average molecular weight is 273 g/mol. The van der Waals surface area contributed by atoms with Gasteiger partial charge in [-0.2, -0.15) is 13.2 Å². The topological polar surface area (TPSA) is 12.0 Å². The van der Waals surface area contributed by atoms with Crippen LogP contribution in [0.15, 0.2) is 18.2 Å². The molecular weight excluding hydrogens is 251 g/mol. The van der Waals surface area contributed by atoms with E-state index in [1.807, 2.05) is 6.92 Å². The lowest BCUT2D eigenvalue weighted by molar-refractivity contribution is -0.137. The van der Waals surface area contributed by atoms with E-state index in [1.54, 1.807) is 13.0 Å². The minimum absolute atomic E-state index is 0.146. The van der Waals surface area contributed by atoms with Crippen LogP contribution in [0, 0.1) is 6.92 Å². The Kier molecular flexibility index (Phi) is 5.85. The van der Waals surface area contributed by atoms with Crippen LogP contribution >= 0.6 is 0 Å². The standard InChI is InChI=1S/C15H22F3N/c1-4-6-7-14(19-5-2)13-9-8-12(10-11(13)3)15(16,17)18/h8-10,14,19H,4-7H2,1-3H3. The lowest BCUT2D eigenvalue weighted by Crippen LogP contribution is -2.22. The van der Waals surface area contributed by atoms with Gasteiger partial charge in [0.1, 0.15) is 0 Å². The Morgan fingerprint density at radius 3 is 2.37 bits per heavy atom. The van der Waals surface area contributed by atoms with E-state index in [-0.39, 0.29) is 6.04 Å².